The molecule has 0 bridgehead atoms. The van der Waals surface area contributed by atoms with Gasteiger partial charge >= 0.3 is 0 Å². The van der Waals surface area contributed by atoms with E-state index in [0.29, 0.717) is 6.54 Å². The molecule has 0 fully saturated rings. The van der Waals surface area contributed by atoms with Crippen LogP contribution in [0, 0.1) is 0 Å². The van der Waals surface area contributed by atoms with Gasteiger partial charge in [0.1, 0.15) is 12.3 Å². The van der Waals surface area contributed by atoms with Crippen molar-refractivity contribution in [3.8, 4) is 0 Å². The molecule has 3 rings (SSSR count). The van der Waals surface area contributed by atoms with Gasteiger partial charge in [0.25, 0.3) is 0 Å². The molecule has 0 spiro atoms. The summed E-state index contributed by atoms with van der Waals surface area (Å²) < 4.78 is 6.93. The molecule has 2 aromatic heterocycles. The molecule has 0 aliphatic carbocycles. The van der Waals surface area contributed by atoms with E-state index in [4.69, 9.17) is 4.42 Å². The fourth-order valence-corrected chi connectivity index (χ4v) is 2.76. The highest BCUT2D eigenvalue weighted by Gasteiger charge is 2.05. The molecule has 0 unspecified atom stereocenters. The van der Waals surface area contributed by atoms with Gasteiger partial charge < -0.3 is 20.4 Å². The van der Waals surface area contributed by atoms with Gasteiger partial charge in [0, 0.05) is 37.6 Å². The minimum atomic E-state index is -0.123. The molecule has 0 atom stereocenters. The van der Waals surface area contributed by atoms with Crippen molar-refractivity contribution in [2.75, 3.05) is 18.4 Å². The van der Waals surface area contributed by atoms with Crippen LogP contribution in [0.4, 0.5) is 5.69 Å². The number of anilines is 1. The van der Waals surface area contributed by atoms with E-state index in [2.05, 4.69) is 26.0 Å². The van der Waals surface area contributed by atoms with Crippen molar-refractivity contribution >= 4 is 41.5 Å². The lowest BCUT2D eigenvalue weighted by atomic mass is 10.2. The smallest absolute Gasteiger partial charge is 0.246 e. The summed E-state index contributed by atoms with van der Waals surface area (Å²) >= 11 is 0. The lowest BCUT2D eigenvalue weighted by molar-refractivity contribution is -0.116. The zero-order valence-electron chi connectivity index (χ0n) is 16.9. The summed E-state index contributed by atoms with van der Waals surface area (Å²) in [6.45, 7) is 4.21. The van der Waals surface area contributed by atoms with Gasteiger partial charge in [-0.3, -0.25) is 9.48 Å². The maximum atomic E-state index is 12.1. The van der Waals surface area contributed by atoms with Gasteiger partial charge in [0.15, 0.2) is 5.96 Å². The monoisotopic (exact) mass is 522 g/mol. The number of halogens is 1. The molecule has 2 heterocycles. The van der Waals surface area contributed by atoms with Crippen LogP contribution in [0.1, 0.15) is 18.2 Å². The maximum absolute atomic E-state index is 12.1. The van der Waals surface area contributed by atoms with Crippen LogP contribution in [0.25, 0.3) is 0 Å². The van der Waals surface area contributed by atoms with Gasteiger partial charge in [0.05, 0.1) is 12.8 Å². The van der Waals surface area contributed by atoms with Gasteiger partial charge in [-0.2, -0.15) is 5.10 Å². The standard InChI is InChI=1S/C21H26N6O2.HI/c1-2-22-21(23-11-9-19-8-4-13-29-19)24-15-17-6-3-7-18(14-17)26-20(28)16-27-12-5-10-25-27;/h3-8,10,12-14H,2,9,11,15-16H2,1H3,(H,26,28)(H2,22,23,24);1H. The third kappa shape index (κ3) is 7.90. The fraction of sp³-hybridized carbons (Fsp3) is 0.286. The molecule has 0 aliphatic heterocycles. The van der Waals surface area contributed by atoms with Gasteiger partial charge in [-0.1, -0.05) is 12.1 Å². The van der Waals surface area contributed by atoms with Crippen LogP contribution in [0.15, 0.2) is 70.5 Å². The number of carbonyl (C=O) groups excluding carboxylic acids is 1. The summed E-state index contributed by atoms with van der Waals surface area (Å²) in [7, 11) is 0. The Morgan fingerprint density at radius 1 is 1.20 bits per heavy atom. The zero-order chi connectivity index (χ0) is 20.3. The fourth-order valence-electron chi connectivity index (χ4n) is 2.76. The number of aliphatic imine (C=N–C) groups is 1. The first kappa shape index (κ1) is 23.5. The second kappa shape index (κ2) is 12.7. The molecule has 3 aromatic rings. The molecule has 0 radical (unpaired) electrons. The van der Waals surface area contributed by atoms with Crippen molar-refractivity contribution in [1.82, 2.24) is 20.4 Å². The van der Waals surface area contributed by atoms with E-state index in [1.165, 1.54) is 0 Å². The third-order valence-corrected chi connectivity index (χ3v) is 4.08. The number of hydrogen-bond acceptors (Lipinski definition) is 4. The number of aromatic nitrogens is 2. The summed E-state index contributed by atoms with van der Waals surface area (Å²) in [4.78, 5) is 16.8. The van der Waals surface area contributed by atoms with Crippen LogP contribution in [0.2, 0.25) is 0 Å². The summed E-state index contributed by atoms with van der Waals surface area (Å²) in [6, 6.07) is 13.3. The minimum Gasteiger partial charge on any atom is -0.469 e. The SMILES string of the molecule is CCNC(=NCc1cccc(NC(=O)Cn2cccn2)c1)NCCc1ccco1.I. The molecule has 30 heavy (non-hydrogen) atoms. The molecule has 1 amide bonds. The number of carbonyl (C=O) groups is 1. The first-order valence-electron chi connectivity index (χ1n) is 9.63. The predicted octanol–water partition coefficient (Wildman–Crippen LogP) is 3.03. The second-order valence-corrected chi connectivity index (χ2v) is 6.40. The van der Waals surface area contributed by atoms with Gasteiger partial charge in [-0.25, -0.2) is 4.99 Å². The Morgan fingerprint density at radius 2 is 2.10 bits per heavy atom. The summed E-state index contributed by atoms with van der Waals surface area (Å²) in [5, 5.41) is 13.5. The van der Waals surface area contributed by atoms with Crippen molar-refractivity contribution in [3.05, 3.63) is 72.4 Å². The Kier molecular flexibility index (Phi) is 9.92. The normalized spacial score (nSPS) is 10.9. The molecule has 9 heteroatoms. The molecule has 160 valence electrons. The Labute approximate surface area is 193 Å². The average molecular weight is 522 g/mol. The topological polar surface area (TPSA) is 96.5 Å². The average Bonchev–Trinajstić information content (AvgIpc) is 3.40. The minimum absolute atomic E-state index is 0. The molecule has 0 aliphatic rings. The number of benzene rings is 1. The Balaban J connectivity index is 0.00000320. The lowest BCUT2D eigenvalue weighted by Crippen LogP contribution is -2.38. The zero-order valence-corrected chi connectivity index (χ0v) is 19.2. The second-order valence-electron chi connectivity index (χ2n) is 6.40. The first-order valence-corrected chi connectivity index (χ1v) is 9.63. The van der Waals surface area contributed by atoms with Gasteiger partial charge in [-0.05, 0) is 42.8 Å². The summed E-state index contributed by atoms with van der Waals surface area (Å²) in [6.07, 6.45) is 5.87. The van der Waals surface area contributed by atoms with E-state index in [0.717, 1.165) is 42.5 Å². The van der Waals surface area contributed by atoms with Crippen LogP contribution in [-0.2, 0) is 24.3 Å². The number of nitrogens with zero attached hydrogens (tertiary/aromatic N) is 3. The van der Waals surface area contributed by atoms with Crippen LogP contribution in [0.5, 0.6) is 0 Å². The quantitative estimate of drug-likeness (QED) is 0.228. The Hall–Kier alpha value is -2.82. The highest BCUT2D eigenvalue weighted by Crippen LogP contribution is 2.12. The van der Waals surface area contributed by atoms with Crippen molar-refractivity contribution in [1.29, 1.82) is 0 Å². The number of rotatable bonds is 9. The number of hydrogen-bond donors (Lipinski definition) is 3. The molecule has 0 saturated heterocycles. The highest BCUT2D eigenvalue weighted by atomic mass is 127. The predicted molar refractivity (Wildman–Crippen MR) is 128 cm³/mol. The van der Waals surface area contributed by atoms with E-state index in [1.807, 2.05) is 43.3 Å². The van der Waals surface area contributed by atoms with Gasteiger partial charge in [0.2, 0.25) is 5.91 Å². The lowest BCUT2D eigenvalue weighted by Gasteiger charge is -2.11. The Bertz CT molecular complexity index is 909. The van der Waals surface area contributed by atoms with Gasteiger partial charge in [-0.15, -0.1) is 24.0 Å². The summed E-state index contributed by atoms with van der Waals surface area (Å²) in [5.74, 6) is 1.56. The number of guanidine groups is 1. The molecular formula is C21H27IN6O2. The van der Waals surface area contributed by atoms with E-state index in [1.54, 1.807) is 29.4 Å². The summed E-state index contributed by atoms with van der Waals surface area (Å²) in [5.41, 5.74) is 1.75. The Morgan fingerprint density at radius 3 is 2.83 bits per heavy atom. The number of nitrogens with one attached hydrogen (secondary N) is 3. The molecule has 1 aromatic carbocycles. The van der Waals surface area contributed by atoms with Crippen molar-refractivity contribution in [3.63, 3.8) is 0 Å². The van der Waals surface area contributed by atoms with E-state index >= 15 is 0 Å². The van der Waals surface area contributed by atoms with Crippen LogP contribution >= 0.6 is 24.0 Å². The molecular weight excluding hydrogens is 495 g/mol. The van der Waals surface area contributed by atoms with E-state index in [-0.39, 0.29) is 36.4 Å². The number of furan rings is 1. The van der Waals surface area contributed by atoms with Crippen molar-refractivity contribution < 1.29 is 9.21 Å². The van der Waals surface area contributed by atoms with Crippen molar-refractivity contribution in [2.24, 2.45) is 4.99 Å². The maximum Gasteiger partial charge on any atom is 0.246 e. The van der Waals surface area contributed by atoms with E-state index in [9.17, 15) is 4.79 Å². The largest absolute Gasteiger partial charge is 0.469 e. The van der Waals surface area contributed by atoms with Crippen LogP contribution in [0.3, 0.4) is 0 Å². The molecule has 0 saturated carbocycles. The highest BCUT2D eigenvalue weighted by molar-refractivity contribution is 14.0. The van der Waals surface area contributed by atoms with Crippen LogP contribution < -0.4 is 16.0 Å². The molecule has 8 nitrogen and oxygen atoms in total. The first-order chi connectivity index (χ1) is 14.2. The number of amides is 1. The van der Waals surface area contributed by atoms with Crippen LogP contribution in [-0.4, -0.2) is 34.7 Å². The molecule has 3 N–H and O–H groups in total. The van der Waals surface area contributed by atoms with E-state index < -0.39 is 0 Å². The van der Waals surface area contributed by atoms with Crippen molar-refractivity contribution in [2.45, 2.75) is 26.4 Å². The third-order valence-electron chi connectivity index (χ3n) is 4.08.